The van der Waals surface area contributed by atoms with Crippen LogP contribution >= 0.6 is 0 Å². The summed E-state index contributed by atoms with van der Waals surface area (Å²) in [6, 6.07) is -1.70. The van der Waals surface area contributed by atoms with Crippen LogP contribution in [0.2, 0.25) is 0 Å². The van der Waals surface area contributed by atoms with E-state index >= 15 is 0 Å². The maximum Gasteiger partial charge on any atom is 0.409 e. The molecule has 1 rings (SSSR count). The molecule has 1 unspecified atom stereocenters. The van der Waals surface area contributed by atoms with Gasteiger partial charge in [0.05, 0.1) is 11.9 Å². The third-order valence-corrected chi connectivity index (χ3v) is 2.11. The van der Waals surface area contributed by atoms with Crippen LogP contribution in [0.1, 0.15) is 32.0 Å². The van der Waals surface area contributed by atoms with E-state index in [-0.39, 0.29) is 12.2 Å². The second kappa shape index (κ2) is 5.29. The number of alkyl halides is 3. The van der Waals surface area contributed by atoms with Crippen molar-refractivity contribution in [3.63, 3.8) is 0 Å². The Morgan fingerprint density at radius 1 is 1.44 bits per heavy atom. The van der Waals surface area contributed by atoms with E-state index in [2.05, 4.69) is 15.6 Å². The third kappa shape index (κ3) is 2.94. The molecular weight excluding hydrogens is 221 g/mol. The maximum absolute atomic E-state index is 12.8. The highest BCUT2D eigenvalue weighted by Crippen LogP contribution is 2.31. The number of hydrogen-bond donors (Lipinski definition) is 1. The second-order valence-corrected chi connectivity index (χ2v) is 3.41. The molecule has 0 radical (unpaired) electrons. The number of hydrogen-bond acceptors (Lipinski definition) is 3. The van der Waals surface area contributed by atoms with Gasteiger partial charge in [-0.15, -0.1) is 5.10 Å². The average molecular weight is 236 g/mol. The fraction of sp³-hybridized carbons (Fsp3) is 0.778. The van der Waals surface area contributed by atoms with Crippen molar-refractivity contribution in [1.29, 1.82) is 0 Å². The second-order valence-electron chi connectivity index (χ2n) is 3.41. The van der Waals surface area contributed by atoms with Gasteiger partial charge in [0, 0.05) is 6.54 Å². The molecular formula is C9H15F3N4. The van der Waals surface area contributed by atoms with E-state index in [1.54, 1.807) is 6.92 Å². The summed E-state index contributed by atoms with van der Waals surface area (Å²) in [5.41, 5.74) is 0.0659. The highest BCUT2D eigenvalue weighted by Gasteiger charge is 2.42. The van der Waals surface area contributed by atoms with E-state index in [0.717, 1.165) is 6.20 Å². The first-order chi connectivity index (χ1) is 7.50. The van der Waals surface area contributed by atoms with Gasteiger partial charge in [0.15, 0.2) is 0 Å². The van der Waals surface area contributed by atoms with E-state index in [4.69, 9.17) is 0 Å². The summed E-state index contributed by atoms with van der Waals surface area (Å²) in [5.74, 6) is 0. The average Bonchev–Trinajstić information content (AvgIpc) is 2.61. The molecule has 1 aromatic heterocycles. The highest BCUT2D eigenvalue weighted by atomic mass is 19.4. The van der Waals surface area contributed by atoms with Crippen molar-refractivity contribution in [3.8, 4) is 0 Å². The lowest BCUT2D eigenvalue weighted by molar-refractivity contribution is -0.159. The number of halogens is 3. The predicted molar refractivity (Wildman–Crippen MR) is 52.8 cm³/mol. The van der Waals surface area contributed by atoms with Gasteiger partial charge in [-0.3, -0.25) is 0 Å². The molecule has 0 aliphatic carbocycles. The van der Waals surface area contributed by atoms with Crippen LogP contribution in [0, 0.1) is 0 Å². The molecule has 1 N–H and O–H groups in total. The molecule has 1 aromatic rings. The summed E-state index contributed by atoms with van der Waals surface area (Å²) in [6.07, 6.45) is -2.45. The van der Waals surface area contributed by atoms with E-state index in [0.29, 0.717) is 13.0 Å². The Hall–Kier alpha value is -1.11. The first-order valence-electron chi connectivity index (χ1n) is 5.19. The molecule has 0 aliphatic heterocycles. The van der Waals surface area contributed by atoms with Crippen molar-refractivity contribution in [2.45, 2.75) is 39.0 Å². The zero-order chi connectivity index (χ0) is 12.2. The maximum atomic E-state index is 12.8. The standard InChI is InChI=1S/C9H15F3N4/c1-3-5-16-7(6-14-15-16)8(13-4-2)9(10,11)12/h6,8,13H,3-5H2,1-2H3. The molecule has 0 fully saturated rings. The quantitative estimate of drug-likeness (QED) is 0.849. The highest BCUT2D eigenvalue weighted by molar-refractivity contribution is 5.05. The molecule has 92 valence electrons. The largest absolute Gasteiger partial charge is 0.409 e. The molecule has 4 nitrogen and oxygen atoms in total. The Balaban J connectivity index is 2.96. The van der Waals surface area contributed by atoms with E-state index in [1.807, 2.05) is 6.92 Å². The predicted octanol–water partition coefficient (Wildman–Crippen LogP) is 1.90. The normalized spacial score (nSPS) is 14.1. The molecule has 0 saturated carbocycles. The Labute approximate surface area is 91.8 Å². The lowest BCUT2D eigenvalue weighted by Crippen LogP contribution is -2.35. The van der Waals surface area contributed by atoms with Gasteiger partial charge in [-0.25, -0.2) is 4.68 Å². The molecule has 0 saturated heterocycles. The van der Waals surface area contributed by atoms with Crippen molar-refractivity contribution in [2.24, 2.45) is 0 Å². The van der Waals surface area contributed by atoms with Crippen LogP contribution in [0.15, 0.2) is 6.20 Å². The van der Waals surface area contributed by atoms with Crippen LogP contribution in [0.4, 0.5) is 13.2 Å². The fourth-order valence-corrected chi connectivity index (χ4v) is 1.47. The summed E-state index contributed by atoms with van der Waals surface area (Å²) in [7, 11) is 0. The van der Waals surface area contributed by atoms with E-state index in [9.17, 15) is 13.2 Å². The minimum Gasteiger partial charge on any atom is -0.301 e. The zero-order valence-electron chi connectivity index (χ0n) is 9.25. The molecule has 1 heterocycles. The topological polar surface area (TPSA) is 42.7 Å². The van der Waals surface area contributed by atoms with Gasteiger partial charge in [-0.05, 0) is 13.0 Å². The Morgan fingerprint density at radius 2 is 2.12 bits per heavy atom. The van der Waals surface area contributed by atoms with E-state index < -0.39 is 12.2 Å². The Morgan fingerprint density at radius 3 is 2.62 bits per heavy atom. The third-order valence-electron chi connectivity index (χ3n) is 2.11. The summed E-state index contributed by atoms with van der Waals surface area (Å²) >= 11 is 0. The van der Waals surface area contributed by atoms with Crippen molar-refractivity contribution >= 4 is 0 Å². The number of aromatic nitrogens is 3. The fourth-order valence-electron chi connectivity index (χ4n) is 1.47. The van der Waals surface area contributed by atoms with Crippen LogP contribution in [0.3, 0.4) is 0 Å². The van der Waals surface area contributed by atoms with Crippen molar-refractivity contribution in [2.75, 3.05) is 6.54 Å². The Kier molecular flexibility index (Phi) is 4.28. The van der Waals surface area contributed by atoms with Crippen LogP contribution in [-0.2, 0) is 6.54 Å². The molecule has 7 heteroatoms. The van der Waals surface area contributed by atoms with Crippen LogP contribution < -0.4 is 5.32 Å². The molecule has 0 amide bonds. The van der Waals surface area contributed by atoms with Gasteiger partial charge in [0.25, 0.3) is 0 Å². The van der Waals surface area contributed by atoms with Crippen molar-refractivity contribution < 1.29 is 13.2 Å². The molecule has 0 bridgehead atoms. The summed E-state index contributed by atoms with van der Waals surface area (Å²) < 4.78 is 39.6. The monoisotopic (exact) mass is 236 g/mol. The summed E-state index contributed by atoms with van der Waals surface area (Å²) in [5, 5.41) is 9.58. The lowest BCUT2D eigenvalue weighted by Gasteiger charge is -2.21. The first-order valence-corrected chi connectivity index (χ1v) is 5.19. The van der Waals surface area contributed by atoms with Gasteiger partial charge in [-0.1, -0.05) is 19.1 Å². The number of rotatable bonds is 5. The van der Waals surface area contributed by atoms with Crippen molar-refractivity contribution in [3.05, 3.63) is 11.9 Å². The molecule has 16 heavy (non-hydrogen) atoms. The minimum atomic E-state index is -4.33. The molecule has 1 atom stereocenters. The van der Waals surface area contributed by atoms with Gasteiger partial charge in [0.2, 0.25) is 0 Å². The molecule has 0 aliphatic rings. The van der Waals surface area contributed by atoms with Gasteiger partial charge in [-0.2, -0.15) is 13.2 Å². The lowest BCUT2D eigenvalue weighted by atomic mass is 10.2. The number of nitrogens with one attached hydrogen (secondary N) is 1. The summed E-state index contributed by atoms with van der Waals surface area (Å²) in [4.78, 5) is 0. The molecule has 0 aromatic carbocycles. The Bertz CT molecular complexity index is 321. The minimum absolute atomic E-state index is 0.0659. The number of nitrogens with zero attached hydrogens (tertiary/aromatic N) is 3. The van der Waals surface area contributed by atoms with E-state index in [1.165, 1.54) is 4.68 Å². The van der Waals surface area contributed by atoms with Gasteiger partial charge >= 0.3 is 6.18 Å². The SMILES string of the molecule is CCCn1nncc1C(NCC)C(F)(F)F. The van der Waals surface area contributed by atoms with Crippen molar-refractivity contribution in [1.82, 2.24) is 20.3 Å². The summed E-state index contributed by atoms with van der Waals surface area (Å²) in [6.45, 7) is 4.18. The smallest absolute Gasteiger partial charge is 0.301 e. The molecule has 0 spiro atoms. The first kappa shape index (κ1) is 13.0. The van der Waals surface area contributed by atoms with Crippen LogP contribution in [0.5, 0.6) is 0 Å². The zero-order valence-corrected chi connectivity index (χ0v) is 9.25. The van der Waals surface area contributed by atoms with Crippen LogP contribution in [-0.4, -0.2) is 27.7 Å². The number of aryl methyl sites for hydroxylation is 1. The van der Waals surface area contributed by atoms with Crippen LogP contribution in [0.25, 0.3) is 0 Å². The van der Waals surface area contributed by atoms with Gasteiger partial charge < -0.3 is 5.32 Å². The van der Waals surface area contributed by atoms with Gasteiger partial charge in [0.1, 0.15) is 6.04 Å².